The van der Waals surface area contributed by atoms with Crippen molar-refractivity contribution in [3.8, 4) is 0 Å². The van der Waals surface area contributed by atoms with Crippen LogP contribution in [0.3, 0.4) is 0 Å². The number of hydrogen-bond donors (Lipinski definition) is 1. The molecule has 1 atom stereocenters. The predicted octanol–water partition coefficient (Wildman–Crippen LogP) is 1.79. The molecule has 0 fully saturated rings. The van der Waals surface area contributed by atoms with Crippen molar-refractivity contribution in [2.45, 2.75) is 32.1 Å². The zero-order valence-corrected chi connectivity index (χ0v) is 9.23. The number of nitrogens with zero attached hydrogens (tertiary/aromatic N) is 1. The molecule has 0 aromatic carbocycles. The van der Waals surface area contributed by atoms with E-state index in [-0.39, 0.29) is 5.44 Å². The molecule has 0 spiro atoms. The molecule has 0 aromatic rings. The minimum Gasteiger partial charge on any atom is -0.381 e. The van der Waals surface area contributed by atoms with E-state index in [9.17, 15) is 5.11 Å². The second kappa shape index (κ2) is 7.90. The van der Waals surface area contributed by atoms with Gasteiger partial charge in [-0.1, -0.05) is 20.3 Å². The molecule has 0 aliphatic carbocycles. The minimum absolute atomic E-state index is 0.207. The lowest BCUT2D eigenvalue weighted by Crippen LogP contribution is -2.27. The number of rotatable bonds is 7. The normalized spacial score (nSPS) is 13.8. The van der Waals surface area contributed by atoms with E-state index >= 15 is 0 Å². The summed E-state index contributed by atoms with van der Waals surface area (Å²) in [5.41, 5.74) is -0.207. The fraction of sp³-hybridized carbons (Fsp3) is 1.00. The molecule has 0 aliphatic rings. The molecule has 0 aromatic heterocycles. The molecule has 0 amide bonds. The smallest absolute Gasteiger partial charge is 0.112 e. The average molecular weight is 191 g/mol. The van der Waals surface area contributed by atoms with Crippen molar-refractivity contribution in [2.24, 2.45) is 0 Å². The van der Waals surface area contributed by atoms with Crippen LogP contribution in [0.5, 0.6) is 0 Å². The first-order chi connectivity index (χ1) is 5.70. The molecule has 1 N–H and O–H groups in total. The van der Waals surface area contributed by atoms with Crippen molar-refractivity contribution in [3.63, 3.8) is 0 Å². The largest absolute Gasteiger partial charge is 0.381 e. The van der Waals surface area contributed by atoms with Gasteiger partial charge in [-0.15, -0.1) is 11.8 Å². The van der Waals surface area contributed by atoms with Gasteiger partial charge in [-0.2, -0.15) is 0 Å². The lowest BCUT2D eigenvalue weighted by atomic mass is 10.4. The molecule has 0 rings (SSSR count). The highest BCUT2D eigenvalue weighted by molar-refractivity contribution is 7.99. The number of unbranched alkanes of at least 4 members (excludes halogenated alkanes) is 1. The van der Waals surface area contributed by atoms with E-state index in [1.807, 2.05) is 7.05 Å². The van der Waals surface area contributed by atoms with E-state index in [1.54, 1.807) is 11.8 Å². The van der Waals surface area contributed by atoms with Gasteiger partial charge in [0.25, 0.3) is 0 Å². The van der Waals surface area contributed by atoms with Crippen LogP contribution in [0, 0.1) is 0 Å². The van der Waals surface area contributed by atoms with Crippen LogP contribution in [-0.4, -0.2) is 41.3 Å². The molecule has 0 saturated heterocycles. The molecule has 1 unspecified atom stereocenters. The zero-order valence-electron chi connectivity index (χ0n) is 8.42. The molecule has 0 aliphatic heterocycles. The van der Waals surface area contributed by atoms with Crippen LogP contribution in [0.25, 0.3) is 0 Å². The molecule has 3 heteroatoms. The highest BCUT2D eigenvalue weighted by Gasteiger charge is 2.05. The number of likely N-dealkylation sites (N-methyl/N-ethyl adjacent to an activating group) is 1. The maximum atomic E-state index is 9.50. The molecular weight excluding hydrogens is 170 g/mol. The summed E-state index contributed by atoms with van der Waals surface area (Å²) in [7, 11) is 2.03. The van der Waals surface area contributed by atoms with Gasteiger partial charge in [0.1, 0.15) is 5.44 Å². The van der Waals surface area contributed by atoms with E-state index in [2.05, 4.69) is 18.7 Å². The molecule has 0 heterocycles. The van der Waals surface area contributed by atoms with Gasteiger partial charge in [-0.3, -0.25) is 0 Å². The van der Waals surface area contributed by atoms with Gasteiger partial charge in [-0.25, -0.2) is 0 Å². The van der Waals surface area contributed by atoms with Gasteiger partial charge in [0.15, 0.2) is 0 Å². The van der Waals surface area contributed by atoms with E-state index in [1.165, 1.54) is 12.8 Å². The van der Waals surface area contributed by atoms with Crippen molar-refractivity contribution < 1.29 is 5.11 Å². The van der Waals surface area contributed by atoms with Crippen molar-refractivity contribution in [1.29, 1.82) is 0 Å². The van der Waals surface area contributed by atoms with E-state index < -0.39 is 0 Å². The van der Waals surface area contributed by atoms with Gasteiger partial charge >= 0.3 is 0 Å². The number of thioether (sulfide) groups is 1. The second-order valence-electron chi connectivity index (χ2n) is 3.03. The molecule has 12 heavy (non-hydrogen) atoms. The molecule has 0 bridgehead atoms. The Balaban J connectivity index is 3.26. The van der Waals surface area contributed by atoms with E-state index in [4.69, 9.17) is 0 Å². The van der Waals surface area contributed by atoms with Crippen LogP contribution >= 0.6 is 11.8 Å². The average Bonchev–Trinajstić information content (AvgIpc) is 2.05. The predicted molar refractivity (Wildman–Crippen MR) is 56.5 cm³/mol. The molecule has 0 radical (unpaired) electrons. The number of hydrogen-bond acceptors (Lipinski definition) is 3. The zero-order chi connectivity index (χ0) is 9.40. The Morgan fingerprint density at radius 1 is 1.42 bits per heavy atom. The third-order valence-electron chi connectivity index (χ3n) is 1.82. The summed E-state index contributed by atoms with van der Waals surface area (Å²) in [6, 6.07) is 0. The Hall–Kier alpha value is 0.270. The van der Waals surface area contributed by atoms with Gasteiger partial charge in [0.2, 0.25) is 0 Å². The van der Waals surface area contributed by atoms with Crippen molar-refractivity contribution in [3.05, 3.63) is 0 Å². The third kappa shape index (κ3) is 6.95. The summed E-state index contributed by atoms with van der Waals surface area (Å²) in [4.78, 5) is 2.13. The van der Waals surface area contributed by atoms with Crippen LogP contribution < -0.4 is 0 Å². The first-order valence-electron chi connectivity index (χ1n) is 4.68. The monoisotopic (exact) mass is 191 g/mol. The van der Waals surface area contributed by atoms with Gasteiger partial charge < -0.3 is 10.0 Å². The fourth-order valence-corrected chi connectivity index (χ4v) is 1.90. The van der Waals surface area contributed by atoms with Crippen molar-refractivity contribution in [1.82, 2.24) is 4.90 Å². The first kappa shape index (κ1) is 12.3. The summed E-state index contributed by atoms with van der Waals surface area (Å²) in [6.45, 7) is 6.06. The Morgan fingerprint density at radius 3 is 2.58 bits per heavy atom. The highest BCUT2D eigenvalue weighted by atomic mass is 32.2. The Kier molecular flexibility index (Phi) is 8.07. The molecule has 0 saturated carbocycles. The van der Waals surface area contributed by atoms with Gasteiger partial charge in [-0.05, 0) is 25.8 Å². The van der Waals surface area contributed by atoms with Crippen LogP contribution in [0.15, 0.2) is 0 Å². The van der Waals surface area contributed by atoms with Crippen molar-refractivity contribution >= 4 is 11.8 Å². The van der Waals surface area contributed by atoms with Crippen molar-refractivity contribution in [2.75, 3.05) is 25.9 Å². The second-order valence-corrected chi connectivity index (χ2v) is 4.32. The minimum atomic E-state index is -0.207. The van der Waals surface area contributed by atoms with Gasteiger partial charge in [0.05, 0.1) is 0 Å². The maximum absolute atomic E-state index is 9.50. The number of aliphatic hydroxyl groups excluding tert-OH is 1. The van der Waals surface area contributed by atoms with Crippen LogP contribution in [0.2, 0.25) is 0 Å². The fourth-order valence-electron chi connectivity index (χ4n) is 0.812. The molecule has 2 nitrogen and oxygen atoms in total. The van der Waals surface area contributed by atoms with Crippen LogP contribution in [0.4, 0.5) is 0 Å². The molecular formula is C9H21NOS. The van der Waals surface area contributed by atoms with Crippen LogP contribution in [0.1, 0.15) is 26.7 Å². The summed E-state index contributed by atoms with van der Waals surface area (Å²) >= 11 is 1.66. The van der Waals surface area contributed by atoms with Gasteiger partial charge in [0, 0.05) is 6.54 Å². The lowest BCUT2D eigenvalue weighted by Gasteiger charge is -2.17. The van der Waals surface area contributed by atoms with E-state index in [0.29, 0.717) is 0 Å². The number of aliphatic hydroxyl groups is 1. The summed E-state index contributed by atoms with van der Waals surface area (Å²) in [6.07, 6.45) is 2.42. The summed E-state index contributed by atoms with van der Waals surface area (Å²) in [5, 5.41) is 9.50. The first-order valence-corrected chi connectivity index (χ1v) is 5.73. The van der Waals surface area contributed by atoms with Crippen LogP contribution in [-0.2, 0) is 0 Å². The summed E-state index contributed by atoms with van der Waals surface area (Å²) in [5.74, 6) is 1.08. The summed E-state index contributed by atoms with van der Waals surface area (Å²) < 4.78 is 0. The molecule has 74 valence electrons. The lowest BCUT2D eigenvalue weighted by molar-refractivity contribution is 0.199. The quantitative estimate of drug-likeness (QED) is 0.490. The Morgan fingerprint density at radius 2 is 2.08 bits per heavy atom. The third-order valence-corrected chi connectivity index (χ3v) is 2.87. The standard InChI is InChI=1S/C9H21NOS/c1-4-6-7-12-9(11)8-10(3)5-2/h9,11H,4-8H2,1-3H3. The highest BCUT2D eigenvalue weighted by Crippen LogP contribution is 2.11. The van der Waals surface area contributed by atoms with E-state index in [0.717, 1.165) is 18.8 Å². The Labute approximate surface area is 80.3 Å². The SMILES string of the molecule is CCCCSC(O)CN(C)CC. The Bertz CT molecular complexity index is 101. The topological polar surface area (TPSA) is 23.5 Å². The maximum Gasteiger partial charge on any atom is 0.112 e.